The van der Waals surface area contributed by atoms with Gasteiger partial charge in [0.25, 0.3) is 5.89 Å². The number of nitrogen functional groups attached to an aromatic ring is 1. The van der Waals surface area contributed by atoms with Crippen molar-refractivity contribution >= 4 is 5.82 Å². The number of aromatic nitrogens is 3. The molecule has 0 amide bonds. The first-order valence-corrected chi connectivity index (χ1v) is 6.65. The lowest BCUT2D eigenvalue weighted by molar-refractivity contribution is -0.0334. The van der Waals surface area contributed by atoms with Crippen LogP contribution in [0.2, 0.25) is 0 Å². The second-order valence-electron chi connectivity index (χ2n) is 4.68. The van der Waals surface area contributed by atoms with E-state index in [1.807, 2.05) is 0 Å². The third-order valence-corrected chi connectivity index (χ3v) is 3.36. The van der Waals surface area contributed by atoms with Crippen molar-refractivity contribution in [3.63, 3.8) is 0 Å². The fourth-order valence-electron chi connectivity index (χ4n) is 2.21. The summed E-state index contributed by atoms with van der Waals surface area (Å²) in [5.74, 6) is 1.44. The van der Waals surface area contributed by atoms with Gasteiger partial charge in [0, 0.05) is 24.8 Å². The smallest absolute Gasteiger partial charge is 0.258 e. The highest BCUT2D eigenvalue weighted by molar-refractivity contribution is 5.56. The predicted octanol–water partition coefficient (Wildman–Crippen LogP) is 1.11. The van der Waals surface area contributed by atoms with Crippen LogP contribution >= 0.6 is 0 Å². The van der Waals surface area contributed by atoms with E-state index in [0.717, 1.165) is 25.2 Å². The zero-order valence-electron chi connectivity index (χ0n) is 11.3. The van der Waals surface area contributed by atoms with E-state index in [4.69, 9.17) is 15.0 Å². The highest BCUT2D eigenvalue weighted by atomic mass is 16.5. The van der Waals surface area contributed by atoms with Crippen LogP contribution in [0.5, 0.6) is 0 Å². The Hall–Kier alpha value is -1.99. The first-order chi connectivity index (χ1) is 9.76. The van der Waals surface area contributed by atoms with Crippen molar-refractivity contribution in [1.29, 1.82) is 0 Å². The average molecular weight is 275 g/mol. The Morgan fingerprint density at radius 3 is 3.20 bits per heavy atom. The number of hydrogen-bond acceptors (Lipinski definition) is 7. The molecule has 3 heterocycles. The lowest BCUT2D eigenvalue weighted by atomic mass is 10.2. The second kappa shape index (κ2) is 5.56. The van der Waals surface area contributed by atoms with Crippen LogP contribution in [-0.2, 0) is 4.74 Å². The fraction of sp³-hybridized carbons (Fsp3) is 0.462. The average Bonchev–Trinajstić information content (AvgIpc) is 2.97. The minimum absolute atomic E-state index is 0.139. The molecule has 0 aromatic carbocycles. The maximum atomic E-state index is 5.71. The molecule has 3 rings (SSSR count). The molecule has 1 atom stereocenters. The van der Waals surface area contributed by atoms with Gasteiger partial charge in [0.2, 0.25) is 5.82 Å². The zero-order chi connectivity index (χ0) is 13.9. The maximum Gasteiger partial charge on any atom is 0.258 e. The van der Waals surface area contributed by atoms with Gasteiger partial charge in [-0.25, -0.2) is 4.98 Å². The number of anilines is 1. The Labute approximate surface area is 116 Å². The molecule has 0 bridgehead atoms. The molecule has 0 spiro atoms. The largest absolute Gasteiger partial charge is 0.384 e. The van der Waals surface area contributed by atoms with Gasteiger partial charge in [-0.15, -0.1) is 0 Å². The highest BCUT2D eigenvalue weighted by Gasteiger charge is 2.25. The van der Waals surface area contributed by atoms with Gasteiger partial charge in [-0.1, -0.05) is 12.1 Å². The van der Waals surface area contributed by atoms with Crippen LogP contribution in [0.4, 0.5) is 5.82 Å². The van der Waals surface area contributed by atoms with Gasteiger partial charge in [-0.2, -0.15) is 4.98 Å². The maximum absolute atomic E-state index is 5.71. The quantitative estimate of drug-likeness (QED) is 0.897. The number of hydrogen-bond donors (Lipinski definition) is 1. The molecular formula is C13H17N5O2. The number of nitrogens with two attached hydrogens (primary N) is 1. The molecular weight excluding hydrogens is 258 g/mol. The van der Waals surface area contributed by atoms with E-state index < -0.39 is 0 Å². The summed E-state index contributed by atoms with van der Waals surface area (Å²) in [7, 11) is 0. The Balaban J connectivity index is 1.80. The Bertz CT molecular complexity index is 586. The van der Waals surface area contributed by atoms with Crippen LogP contribution in [0.15, 0.2) is 22.9 Å². The summed E-state index contributed by atoms with van der Waals surface area (Å²) >= 11 is 0. The molecule has 2 N–H and O–H groups in total. The van der Waals surface area contributed by atoms with Crippen LogP contribution < -0.4 is 5.73 Å². The summed E-state index contributed by atoms with van der Waals surface area (Å²) in [6.45, 7) is 5.53. The molecule has 1 fully saturated rings. The standard InChI is InChI=1S/C13H17N5O2/c1-2-18-5-6-19-10(8-18)12-16-13(20-17-12)9-3-4-15-11(14)7-9/h3-4,7,10H,2,5-6,8H2,1H3,(H2,14,15). The molecule has 2 aromatic heterocycles. The van der Waals surface area contributed by atoms with Crippen molar-refractivity contribution < 1.29 is 9.26 Å². The van der Waals surface area contributed by atoms with Crippen LogP contribution in [0, 0.1) is 0 Å². The van der Waals surface area contributed by atoms with E-state index in [1.165, 1.54) is 0 Å². The SMILES string of the molecule is CCN1CCOC(c2noc(-c3ccnc(N)c3)n2)C1. The van der Waals surface area contributed by atoms with Gasteiger partial charge in [-0.05, 0) is 18.7 Å². The first-order valence-electron chi connectivity index (χ1n) is 6.65. The summed E-state index contributed by atoms with van der Waals surface area (Å²) in [5, 5.41) is 4.02. The van der Waals surface area contributed by atoms with Gasteiger partial charge in [-0.3, -0.25) is 4.90 Å². The van der Waals surface area contributed by atoms with Crippen molar-refractivity contribution in [3.05, 3.63) is 24.2 Å². The van der Waals surface area contributed by atoms with E-state index >= 15 is 0 Å². The van der Waals surface area contributed by atoms with Crippen LogP contribution in [-0.4, -0.2) is 46.3 Å². The van der Waals surface area contributed by atoms with Crippen LogP contribution in [0.3, 0.4) is 0 Å². The molecule has 20 heavy (non-hydrogen) atoms. The Kier molecular flexibility index (Phi) is 3.62. The lowest BCUT2D eigenvalue weighted by Gasteiger charge is -2.30. The van der Waals surface area contributed by atoms with Crippen molar-refractivity contribution in [2.24, 2.45) is 0 Å². The lowest BCUT2D eigenvalue weighted by Crippen LogP contribution is -2.38. The highest BCUT2D eigenvalue weighted by Crippen LogP contribution is 2.23. The van der Waals surface area contributed by atoms with Gasteiger partial charge >= 0.3 is 0 Å². The Morgan fingerprint density at radius 2 is 2.40 bits per heavy atom. The first kappa shape index (κ1) is 13.0. The summed E-state index contributed by atoms with van der Waals surface area (Å²) in [5.41, 5.74) is 6.41. The normalized spacial score (nSPS) is 20.1. The van der Waals surface area contributed by atoms with Crippen LogP contribution in [0.1, 0.15) is 18.9 Å². The molecule has 0 aliphatic carbocycles. The topological polar surface area (TPSA) is 90.3 Å². The summed E-state index contributed by atoms with van der Waals surface area (Å²) in [4.78, 5) is 10.6. The molecule has 1 aliphatic rings. The second-order valence-corrected chi connectivity index (χ2v) is 4.68. The number of pyridine rings is 1. The minimum atomic E-state index is -0.139. The number of nitrogens with zero attached hydrogens (tertiary/aromatic N) is 4. The fourth-order valence-corrected chi connectivity index (χ4v) is 2.21. The van der Waals surface area contributed by atoms with E-state index in [2.05, 4.69) is 26.9 Å². The zero-order valence-corrected chi connectivity index (χ0v) is 11.3. The van der Waals surface area contributed by atoms with Crippen molar-refractivity contribution in [1.82, 2.24) is 20.0 Å². The van der Waals surface area contributed by atoms with Crippen molar-refractivity contribution in [2.45, 2.75) is 13.0 Å². The van der Waals surface area contributed by atoms with Gasteiger partial charge < -0.3 is 15.0 Å². The number of rotatable bonds is 3. The Morgan fingerprint density at radius 1 is 1.50 bits per heavy atom. The molecule has 1 unspecified atom stereocenters. The molecule has 1 saturated heterocycles. The molecule has 0 radical (unpaired) electrons. The monoisotopic (exact) mass is 275 g/mol. The van der Waals surface area contributed by atoms with Crippen molar-refractivity contribution in [3.8, 4) is 11.5 Å². The van der Waals surface area contributed by atoms with Crippen LogP contribution in [0.25, 0.3) is 11.5 Å². The molecule has 0 saturated carbocycles. The third kappa shape index (κ3) is 2.63. The number of ether oxygens (including phenoxy) is 1. The summed E-state index contributed by atoms with van der Waals surface area (Å²) < 4.78 is 11.0. The molecule has 1 aliphatic heterocycles. The third-order valence-electron chi connectivity index (χ3n) is 3.36. The molecule has 7 heteroatoms. The van der Waals surface area contributed by atoms with Gasteiger partial charge in [0.15, 0.2) is 0 Å². The van der Waals surface area contributed by atoms with E-state index in [9.17, 15) is 0 Å². The summed E-state index contributed by atoms with van der Waals surface area (Å²) in [6.07, 6.45) is 1.48. The van der Waals surface area contributed by atoms with E-state index in [0.29, 0.717) is 24.1 Å². The van der Waals surface area contributed by atoms with Gasteiger partial charge in [0.05, 0.1) is 6.61 Å². The minimum Gasteiger partial charge on any atom is -0.384 e. The molecule has 7 nitrogen and oxygen atoms in total. The number of likely N-dealkylation sites (N-methyl/N-ethyl adjacent to an activating group) is 1. The molecule has 2 aromatic rings. The van der Waals surface area contributed by atoms with E-state index in [1.54, 1.807) is 18.3 Å². The van der Waals surface area contributed by atoms with E-state index in [-0.39, 0.29) is 6.10 Å². The van der Waals surface area contributed by atoms with Gasteiger partial charge in [0.1, 0.15) is 11.9 Å². The number of morpholine rings is 1. The summed E-state index contributed by atoms with van der Waals surface area (Å²) in [6, 6.07) is 3.49. The molecule has 106 valence electrons. The predicted molar refractivity (Wildman–Crippen MR) is 72.7 cm³/mol. The van der Waals surface area contributed by atoms with Crippen molar-refractivity contribution in [2.75, 3.05) is 32.0 Å².